The number of carbonyl (C=O) groups excluding carboxylic acids is 1. The highest BCUT2D eigenvalue weighted by Crippen LogP contribution is 1.86. The van der Waals surface area contributed by atoms with Crippen molar-refractivity contribution in [3.63, 3.8) is 0 Å². The molecule has 0 rings (SSSR count). The smallest absolute Gasteiger partial charge is 0.308 e. The fraction of sp³-hybridized carbons (Fsp3) is 0.900. The molecule has 3 N–H and O–H groups in total. The van der Waals surface area contributed by atoms with Crippen LogP contribution in [0.5, 0.6) is 0 Å². The van der Waals surface area contributed by atoms with Crippen molar-refractivity contribution in [2.45, 2.75) is 26.4 Å². The van der Waals surface area contributed by atoms with Crippen LogP contribution in [0.3, 0.4) is 0 Å². The van der Waals surface area contributed by atoms with E-state index in [0.717, 1.165) is 0 Å². The van der Waals surface area contributed by atoms with Crippen LogP contribution >= 0.6 is 0 Å². The Kier molecular flexibility index (Phi) is 15.8. The van der Waals surface area contributed by atoms with Crippen molar-refractivity contribution in [1.82, 2.24) is 0 Å². The minimum Gasteiger partial charge on any atom is -0.466 e. The summed E-state index contributed by atoms with van der Waals surface area (Å²) < 4.78 is 9.62. The summed E-state index contributed by atoms with van der Waals surface area (Å²) >= 11 is 0. The van der Waals surface area contributed by atoms with Crippen molar-refractivity contribution in [3.8, 4) is 0 Å². The van der Waals surface area contributed by atoms with Gasteiger partial charge < -0.3 is 24.8 Å². The van der Waals surface area contributed by atoms with Crippen molar-refractivity contribution in [3.05, 3.63) is 0 Å². The zero-order valence-corrected chi connectivity index (χ0v) is 9.89. The van der Waals surface area contributed by atoms with Gasteiger partial charge in [0, 0.05) is 6.61 Å². The maximum atomic E-state index is 10.6. The molecule has 0 saturated heterocycles. The van der Waals surface area contributed by atoms with Gasteiger partial charge in [-0.2, -0.15) is 0 Å². The summed E-state index contributed by atoms with van der Waals surface area (Å²) in [5.41, 5.74) is 0. The molecule has 0 aliphatic carbocycles. The zero-order valence-electron chi connectivity index (χ0n) is 9.89. The van der Waals surface area contributed by atoms with E-state index in [1.54, 1.807) is 6.92 Å². The van der Waals surface area contributed by atoms with Gasteiger partial charge in [-0.3, -0.25) is 4.79 Å². The van der Waals surface area contributed by atoms with Crippen LogP contribution < -0.4 is 0 Å². The van der Waals surface area contributed by atoms with Crippen LogP contribution in [-0.2, 0) is 14.3 Å². The quantitative estimate of drug-likeness (QED) is 0.401. The van der Waals surface area contributed by atoms with Crippen molar-refractivity contribution in [2.75, 3.05) is 33.0 Å². The van der Waals surface area contributed by atoms with Crippen LogP contribution in [0.4, 0.5) is 0 Å². The summed E-state index contributed by atoms with van der Waals surface area (Å²) in [6.45, 7) is 4.52. The topological polar surface area (TPSA) is 96.2 Å². The summed E-state index contributed by atoms with van der Waals surface area (Å²) in [6, 6.07) is 0. The highest BCUT2D eigenvalue weighted by Gasteiger charge is 1.98. The monoisotopic (exact) mass is 238 g/mol. The summed E-state index contributed by atoms with van der Waals surface area (Å²) in [5, 5.41) is 24.0. The Morgan fingerprint density at radius 3 is 2.06 bits per heavy atom. The van der Waals surface area contributed by atoms with Crippen molar-refractivity contribution in [1.29, 1.82) is 0 Å². The molecule has 0 saturated carbocycles. The van der Waals surface area contributed by atoms with Crippen LogP contribution in [0.1, 0.15) is 20.3 Å². The lowest BCUT2D eigenvalue weighted by Gasteiger charge is -2.00. The van der Waals surface area contributed by atoms with E-state index >= 15 is 0 Å². The van der Waals surface area contributed by atoms with Gasteiger partial charge in [0.1, 0.15) is 6.10 Å². The second-order valence-corrected chi connectivity index (χ2v) is 2.77. The second-order valence-electron chi connectivity index (χ2n) is 2.77. The first-order valence-electron chi connectivity index (χ1n) is 5.25. The molecule has 0 aromatic heterocycles. The van der Waals surface area contributed by atoms with E-state index in [2.05, 4.69) is 4.74 Å². The van der Waals surface area contributed by atoms with Crippen LogP contribution in [0.15, 0.2) is 0 Å². The van der Waals surface area contributed by atoms with Gasteiger partial charge in [0.15, 0.2) is 0 Å². The molecular formula is C10H22O6. The van der Waals surface area contributed by atoms with Crippen LogP contribution in [0, 0.1) is 0 Å². The molecule has 0 atom stereocenters. The second kappa shape index (κ2) is 14.3. The van der Waals surface area contributed by atoms with E-state index in [1.807, 2.05) is 6.92 Å². The van der Waals surface area contributed by atoms with Crippen molar-refractivity contribution in [2.24, 2.45) is 0 Å². The Morgan fingerprint density at radius 2 is 1.75 bits per heavy atom. The number of esters is 1. The SMILES string of the molecule is CCOCCC(=O)OCC.OCC(O)CO. The summed E-state index contributed by atoms with van der Waals surface area (Å²) in [5.74, 6) is -0.184. The van der Waals surface area contributed by atoms with E-state index in [-0.39, 0.29) is 19.2 Å². The lowest BCUT2D eigenvalue weighted by molar-refractivity contribution is -0.144. The van der Waals surface area contributed by atoms with Crippen LogP contribution in [0.25, 0.3) is 0 Å². The molecule has 0 radical (unpaired) electrons. The third-order valence-electron chi connectivity index (χ3n) is 1.38. The average Bonchev–Trinajstić information content (AvgIpc) is 2.29. The predicted octanol–water partition coefficient (Wildman–Crippen LogP) is -0.692. The number of aliphatic hydroxyl groups is 3. The first-order chi connectivity index (χ1) is 7.62. The minimum atomic E-state index is -0.954. The van der Waals surface area contributed by atoms with Gasteiger partial charge in [0.05, 0.1) is 32.8 Å². The fourth-order valence-electron chi connectivity index (χ4n) is 0.591. The third-order valence-corrected chi connectivity index (χ3v) is 1.38. The van der Waals surface area contributed by atoms with E-state index in [9.17, 15) is 4.79 Å². The van der Waals surface area contributed by atoms with Crippen molar-refractivity contribution >= 4 is 5.97 Å². The number of carbonyl (C=O) groups is 1. The zero-order chi connectivity index (χ0) is 12.8. The molecule has 0 aromatic rings. The van der Waals surface area contributed by atoms with Gasteiger partial charge in [0.25, 0.3) is 0 Å². The lowest BCUT2D eigenvalue weighted by atomic mass is 10.4. The normalized spacial score (nSPS) is 9.62. The summed E-state index contributed by atoms with van der Waals surface area (Å²) in [6.07, 6.45) is -0.591. The predicted molar refractivity (Wildman–Crippen MR) is 57.9 cm³/mol. The Hall–Kier alpha value is -0.690. The third kappa shape index (κ3) is 15.8. The molecule has 0 amide bonds. The number of rotatable bonds is 7. The molecule has 6 heteroatoms. The van der Waals surface area contributed by atoms with Gasteiger partial charge in [-0.25, -0.2) is 0 Å². The van der Waals surface area contributed by atoms with E-state index in [1.165, 1.54) is 0 Å². The molecule has 0 aliphatic heterocycles. The molecule has 6 nitrogen and oxygen atoms in total. The van der Waals surface area contributed by atoms with Gasteiger partial charge >= 0.3 is 5.97 Å². The van der Waals surface area contributed by atoms with E-state index < -0.39 is 6.10 Å². The lowest BCUT2D eigenvalue weighted by Crippen LogP contribution is -2.15. The molecule has 0 aliphatic rings. The number of ether oxygens (including phenoxy) is 2. The van der Waals surface area contributed by atoms with Gasteiger partial charge in [0.2, 0.25) is 0 Å². The Balaban J connectivity index is 0. The maximum absolute atomic E-state index is 10.6. The van der Waals surface area contributed by atoms with Crippen LogP contribution in [0.2, 0.25) is 0 Å². The van der Waals surface area contributed by atoms with Crippen molar-refractivity contribution < 1.29 is 29.6 Å². The highest BCUT2D eigenvalue weighted by molar-refractivity contribution is 5.69. The molecule has 0 aromatic carbocycles. The molecule has 98 valence electrons. The minimum absolute atomic E-state index is 0.184. The molecule has 16 heavy (non-hydrogen) atoms. The largest absolute Gasteiger partial charge is 0.466 e. The number of hydrogen-bond acceptors (Lipinski definition) is 6. The molecular weight excluding hydrogens is 216 g/mol. The van der Waals surface area contributed by atoms with Gasteiger partial charge in [-0.05, 0) is 13.8 Å². The molecule has 0 spiro atoms. The average molecular weight is 238 g/mol. The van der Waals surface area contributed by atoms with Gasteiger partial charge in [-0.1, -0.05) is 0 Å². The first kappa shape index (κ1) is 17.7. The Morgan fingerprint density at radius 1 is 1.19 bits per heavy atom. The summed E-state index contributed by atoms with van der Waals surface area (Å²) in [4.78, 5) is 10.6. The fourth-order valence-corrected chi connectivity index (χ4v) is 0.591. The summed E-state index contributed by atoms with van der Waals surface area (Å²) in [7, 11) is 0. The number of aliphatic hydroxyl groups excluding tert-OH is 3. The first-order valence-corrected chi connectivity index (χ1v) is 5.25. The van der Waals surface area contributed by atoms with E-state index in [4.69, 9.17) is 20.1 Å². The molecule has 0 unspecified atom stereocenters. The Bertz CT molecular complexity index is 146. The van der Waals surface area contributed by atoms with Gasteiger partial charge in [-0.15, -0.1) is 0 Å². The molecule has 0 heterocycles. The molecule has 0 bridgehead atoms. The highest BCUT2D eigenvalue weighted by atomic mass is 16.5. The number of hydrogen-bond donors (Lipinski definition) is 3. The van der Waals surface area contributed by atoms with Crippen LogP contribution in [-0.4, -0.2) is 60.4 Å². The van der Waals surface area contributed by atoms with E-state index in [0.29, 0.717) is 26.2 Å². The standard InChI is InChI=1S/C7H14O3.C3H8O3/c1-3-9-6-5-7(8)10-4-2;4-1-3(6)2-5/h3-6H2,1-2H3;3-6H,1-2H2. The Labute approximate surface area is 95.8 Å². The molecule has 0 fully saturated rings. The maximum Gasteiger partial charge on any atom is 0.308 e.